The monoisotopic (exact) mass is 481 g/mol. The first-order valence-corrected chi connectivity index (χ1v) is 12.7. The topological polar surface area (TPSA) is 74.7 Å². The van der Waals surface area contributed by atoms with Crippen LogP contribution in [-0.2, 0) is 9.59 Å². The van der Waals surface area contributed by atoms with Gasteiger partial charge in [0.25, 0.3) is 0 Å². The molecule has 3 aromatic rings. The highest BCUT2D eigenvalue weighted by molar-refractivity contribution is 6.01. The number of nitrogens with zero attached hydrogens (tertiary/aromatic N) is 1. The lowest BCUT2D eigenvalue weighted by Gasteiger charge is -2.32. The molecule has 1 saturated carbocycles. The number of hydrogen-bond acceptors (Lipinski definition) is 3. The summed E-state index contributed by atoms with van der Waals surface area (Å²) in [6.45, 7) is 1.97. The molecule has 1 aliphatic heterocycles. The van der Waals surface area contributed by atoms with E-state index in [1.54, 1.807) is 17.0 Å². The van der Waals surface area contributed by atoms with Crippen molar-refractivity contribution in [2.45, 2.75) is 50.6 Å². The van der Waals surface area contributed by atoms with Gasteiger partial charge < -0.3 is 10.0 Å². The smallest absolute Gasteiger partial charge is 0.327 e. The van der Waals surface area contributed by atoms with Gasteiger partial charge in [-0.2, -0.15) is 0 Å². The lowest BCUT2D eigenvalue weighted by molar-refractivity contribution is -0.152. The van der Waals surface area contributed by atoms with Crippen LogP contribution in [-0.4, -0.2) is 33.7 Å². The second kappa shape index (κ2) is 10.1. The molecule has 4 atom stereocenters. The van der Waals surface area contributed by atoms with Crippen LogP contribution in [0.3, 0.4) is 0 Å². The molecule has 2 fully saturated rings. The van der Waals surface area contributed by atoms with Crippen LogP contribution in [0.2, 0.25) is 0 Å². The molecular weight excluding hydrogens is 450 g/mol. The predicted octanol–water partition coefficient (Wildman–Crippen LogP) is 5.80. The van der Waals surface area contributed by atoms with Gasteiger partial charge >= 0.3 is 5.97 Å². The van der Waals surface area contributed by atoms with Gasteiger partial charge in [0.15, 0.2) is 5.78 Å². The van der Waals surface area contributed by atoms with Crippen LogP contribution < -0.4 is 0 Å². The van der Waals surface area contributed by atoms with E-state index in [0.29, 0.717) is 5.56 Å². The number of ketones is 1. The van der Waals surface area contributed by atoms with Gasteiger partial charge in [-0.05, 0) is 30.9 Å². The third-order valence-electron chi connectivity index (χ3n) is 7.81. The second-order valence-corrected chi connectivity index (χ2v) is 10.1. The Hall–Kier alpha value is -3.73. The normalized spacial score (nSPS) is 24.1. The first-order valence-electron chi connectivity index (χ1n) is 12.7. The molecule has 184 valence electrons. The fourth-order valence-corrected chi connectivity index (χ4v) is 6.23. The number of benzene rings is 3. The second-order valence-electron chi connectivity index (χ2n) is 10.1. The summed E-state index contributed by atoms with van der Waals surface area (Å²) in [7, 11) is 0. The molecule has 0 bridgehead atoms. The number of carboxylic acid groups (broad SMARTS) is 1. The van der Waals surface area contributed by atoms with Crippen LogP contribution in [0, 0.1) is 18.8 Å². The van der Waals surface area contributed by atoms with Gasteiger partial charge in [-0.25, -0.2) is 4.79 Å². The number of aryl methyl sites for hydroxylation is 1. The summed E-state index contributed by atoms with van der Waals surface area (Å²) in [6, 6.07) is 24.4. The standard InChI is InChI=1S/C31H31NO4/c1-20-11-10-18-24(19-20)27-26(29(33)22-14-6-3-7-15-22)25(21-12-4-2-5-13-21)28(31(35)36)32(27)30(34)23-16-8-9-17-23/h2-7,10-15,18-19,23,25-28H,8-9,16-17H2,1H3,(H,35,36). The first kappa shape index (κ1) is 24.0. The summed E-state index contributed by atoms with van der Waals surface area (Å²) in [5, 5.41) is 10.6. The highest BCUT2D eigenvalue weighted by atomic mass is 16.4. The van der Waals surface area contributed by atoms with Crippen molar-refractivity contribution in [3.05, 3.63) is 107 Å². The van der Waals surface area contributed by atoms with Gasteiger partial charge in [-0.3, -0.25) is 9.59 Å². The van der Waals surface area contributed by atoms with Crippen LogP contribution in [0.25, 0.3) is 0 Å². The quantitative estimate of drug-likeness (QED) is 0.451. The summed E-state index contributed by atoms with van der Waals surface area (Å²) < 4.78 is 0. The largest absolute Gasteiger partial charge is 0.480 e. The Labute approximate surface area is 211 Å². The number of Topliss-reactive ketones (excluding diaryl/α,β-unsaturated/α-hetero) is 1. The lowest BCUT2D eigenvalue weighted by Crippen LogP contribution is -2.46. The molecule has 1 heterocycles. The van der Waals surface area contributed by atoms with Crippen LogP contribution >= 0.6 is 0 Å². The summed E-state index contributed by atoms with van der Waals surface area (Å²) in [4.78, 5) is 42.8. The number of carbonyl (C=O) groups excluding carboxylic acids is 2. The Balaban J connectivity index is 1.74. The zero-order valence-corrected chi connectivity index (χ0v) is 20.4. The number of likely N-dealkylation sites (tertiary alicyclic amines) is 1. The molecular formula is C31H31NO4. The van der Waals surface area contributed by atoms with Crippen LogP contribution in [0.15, 0.2) is 84.9 Å². The Morgan fingerprint density at radius 1 is 0.806 bits per heavy atom. The molecule has 5 heteroatoms. The highest BCUT2D eigenvalue weighted by Gasteiger charge is 2.58. The molecule has 3 aromatic carbocycles. The van der Waals surface area contributed by atoms with E-state index in [0.717, 1.165) is 42.4 Å². The van der Waals surface area contributed by atoms with E-state index < -0.39 is 29.9 Å². The van der Waals surface area contributed by atoms with E-state index in [1.165, 1.54) is 0 Å². The van der Waals surface area contributed by atoms with Gasteiger partial charge in [-0.1, -0.05) is 103 Å². The predicted molar refractivity (Wildman–Crippen MR) is 138 cm³/mol. The first-order chi connectivity index (χ1) is 17.5. The zero-order valence-electron chi connectivity index (χ0n) is 20.4. The Morgan fingerprint density at radius 3 is 2.03 bits per heavy atom. The number of rotatable bonds is 6. The summed E-state index contributed by atoms with van der Waals surface area (Å²) in [5.41, 5.74) is 3.10. The molecule has 0 radical (unpaired) electrons. The van der Waals surface area contributed by atoms with E-state index in [9.17, 15) is 19.5 Å². The average molecular weight is 482 g/mol. The molecule has 5 rings (SSSR count). The molecule has 1 N–H and O–H groups in total. The molecule has 5 nitrogen and oxygen atoms in total. The van der Waals surface area contributed by atoms with Crippen molar-refractivity contribution in [1.82, 2.24) is 4.90 Å². The van der Waals surface area contributed by atoms with Gasteiger partial charge in [0.1, 0.15) is 6.04 Å². The van der Waals surface area contributed by atoms with E-state index in [4.69, 9.17) is 0 Å². The number of carboxylic acids is 1. The van der Waals surface area contributed by atoms with Crippen molar-refractivity contribution < 1.29 is 19.5 Å². The van der Waals surface area contributed by atoms with Crippen molar-refractivity contribution in [1.29, 1.82) is 0 Å². The molecule has 4 unspecified atom stereocenters. The summed E-state index contributed by atoms with van der Waals surface area (Å²) >= 11 is 0. The minimum Gasteiger partial charge on any atom is -0.480 e. The Kier molecular flexibility index (Phi) is 6.73. The number of aliphatic carboxylic acids is 1. The van der Waals surface area contributed by atoms with Crippen molar-refractivity contribution >= 4 is 17.7 Å². The number of hydrogen-bond donors (Lipinski definition) is 1. The molecule has 1 aliphatic carbocycles. The van der Waals surface area contributed by atoms with E-state index in [2.05, 4.69) is 0 Å². The molecule has 1 saturated heterocycles. The maximum absolute atomic E-state index is 14.2. The minimum atomic E-state index is -1.14. The number of carbonyl (C=O) groups is 3. The zero-order chi connectivity index (χ0) is 25.2. The Morgan fingerprint density at radius 2 is 1.42 bits per heavy atom. The molecule has 1 amide bonds. The fraction of sp³-hybridized carbons (Fsp3) is 0.323. The van der Waals surface area contributed by atoms with Gasteiger partial charge in [0, 0.05) is 17.4 Å². The van der Waals surface area contributed by atoms with E-state index in [-0.39, 0.29) is 17.6 Å². The number of amides is 1. The van der Waals surface area contributed by atoms with Crippen molar-refractivity contribution in [2.24, 2.45) is 11.8 Å². The molecule has 36 heavy (non-hydrogen) atoms. The third-order valence-corrected chi connectivity index (χ3v) is 7.81. The average Bonchev–Trinajstić information content (AvgIpc) is 3.56. The minimum absolute atomic E-state index is 0.135. The SMILES string of the molecule is Cc1cccc(C2C(C(=O)c3ccccc3)C(c3ccccc3)C(C(=O)O)N2C(=O)C2CCCC2)c1. The van der Waals surface area contributed by atoms with E-state index >= 15 is 0 Å². The van der Waals surface area contributed by atoms with Gasteiger partial charge in [0.05, 0.1) is 12.0 Å². The van der Waals surface area contributed by atoms with Crippen LogP contribution in [0.5, 0.6) is 0 Å². The lowest BCUT2D eigenvalue weighted by atomic mass is 9.76. The van der Waals surface area contributed by atoms with Crippen LogP contribution in [0.4, 0.5) is 0 Å². The van der Waals surface area contributed by atoms with Gasteiger partial charge in [0.2, 0.25) is 5.91 Å². The third kappa shape index (κ3) is 4.34. The highest BCUT2D eigenvalue weighted by Crippen LogP contribution is 2.52. The molecule has 0 aromatic heterocycles. The summed E-state index contributed by atoms with van der Waals surface area (Å²) in [6.07, 6.45) is 3.45. The van der Waals surface area contributed by atoms with Crippen molar-refractivity contribution in [3.8, 4) is 0 Å². The molecule has 0 spiro atoms. The summed E-state index contributed by atoms with van der Waals surface area (Å²) in [5.74, 6) is -2.97. The van der Waals surface area contributed by atoms with Crippen molar-refractivity contribution in [2.75, 3.05) is 0 Å². The van der Waals surface area contributed by atoms with Crippen LogP contribution in [0.1, 0.15) is 64.7 Å². The Bertz CT molecular complexity index is 1250. The molecule has 2 aliphatic rings. The fourth-order valence-electron chi connectivity index (χ4n) is 6.23. The van der Waals surface area contributed by atoms with Gasteiger partial charge in [-0.15, -0.1) is 0 Å². The maximum atomic E-state index is 14.2. The maximum Gasteiger partial charge on any atom is 0.327 e. The van der Waals surface area contributed by atoms with Crippen molar-refractivity contribution in [3.63, 3.8) is 0 Å². The van der Waals surface area contributed by atoms with E-state index in [1.807, 2.05) is 79.7 Å².